The number of nitrogens with two attached hydrogens (primary N) is 1. The lowest BCUT2D eigenvalue weighted by molar-refractivity contribution is 0.103. The number of hydrogen-bond donors (Lipinski definition) is 2. The van der Waals surface area contributed by atoms with Crippen LogP contribution in [0.15, 0.2) is 88.1 Å². The molecule has 0 spiro atoms. The first-order valence-electron chi connectivity index (χ1n) is 9.52. The Balaban J connectivity index is 1.67. The van der Waals surface area contributed by atoms with Gasteiger partial charge >= 0.3 is 0 Å². The maximum atomic E-state index is 12.6. The molecule has 8 nitrogen and oxygen atoms in total. The van der Waals surface area contributed by atoms with Crippen LogP contribution in [-0.4, -0.2) is 23.7 Å². The number of carbonyl (C=O) groups excluding carboxylic acids is 1. The summed E-state index contributed by atoms with van der Waals surface area (Å²) in [6.07, 6.45) is 1.38. The van der Waals surface area contributed by atoms with Crippen molar-refractivity contribution in [2.75, 3.05) is 5.73 Å². The zero-order valence-electron chi connectivity index (χ0n) is 16.9. The fraction of sp³-hybridized carbons (Fsp3) is 0.0435. The first kappa shape index (κ1) is 21.3. The smallest absolute Gasteiger partial charge is 0.295 e. The number of nitrogen functional groups attached to an aromatic ring is 1. The normalized spacial score (nSPS) is 11.8. The highest BCUT2D eigenvalue weighted by Gasteiger charge is 2.18. The second-order valence-corrected chi connectivity index (χ2v) is 8.46. The Morgan fingerprint density at radius 2 is 1.66 bits per heavy atom. The summed E-state index contributed by atoms with van der Waals surface area (Å²) in [5.74, 6) is -0.205. The summed E-state index contributed by atoms with van der Waals surface area (Å²) in [5.41, 5.74) is 8.46. The summed E-state index contributed by atoms with van der Waals surface area (Å²) < 4.78 is 33.3. The molecule has 1 heterocycles. The Hall–Kier alpha value is -3.95. The van der Waals surface area contributed by atoms with Crippen molar-refractivity contribution in [3.8, 4) is 0 Å². The summed E-state index contributed by atoms with van der Waals surface area (Å²) in [7, 11) is -4.50. The predicted octanol–water partition coefficient (Wildman–Crippen LogP) is 5.02. The number of aryl methyl sites for hydroxylation is 1. The summed E-state index contributed by atoms with van der Waals surface area (Å²) >= 11 is 0. The Morgan fingerprint density at radius 3 is 2.31 bits per heavy atom. The maximum absolute atomic E-state index is 12.6. The third-order valence-corrected chi connectivity index (χ3v) is 5.84. The van der Waals surface area contributed by atoms with Crippen LogP contribution in [0.1, 0.15) is 21.6 Å². The molecule has 9 heteroatoms. The highest BCUT2D eigenvalue weighted by molar-refractivity contribution is 7.86. The second-order valence-electron chi connectivity index (χ2n) is 7.07. The van der Waals surface area contributed by atoms with Gasteiger partial charge in [0.1, 0.15) is 22.0 Å². The van der Waals surface area contributed by atoms with Gasteiger partial charge in [0.05, 0.1) is 11.9 Å². The lowest BCUT2D eigenvalue weighted by atomic mass is 10.0. The van der Waals surface area contributed by atoms with E-state index in [4.69, 9.17) is 5.73 Å². The minimum Gasteiger partial charge on any atom is -0.396 e. The van der Waals surface area contributed by atoms with E-state index >= 15 is 0 Å². The number of benzene rings is 3. The molecule has 4 rings (SSSR count). The molecule has 4 aromatic rings. The number of nitrogens with zero attached hydrogens (tertiary/aromatic N) is 3. The number of aromatic nitrogens is 1. The molecule has 3 aromatic carbocycles. The van der Waals surface area contributed by atoms with E-state index in [1.54, 1.807) is 42.5 Å². The molecular weight excluding hydrogens is 428 g/mol. The largest absolute Gasteiger partial charge is 0.396 e. The van der Waals surface area contributed by atoms with Crippen molar-refractivity contribution < 1.29 is 17.8 Å². The fourth-order valence-corrected chi connectivity index (χ4v) is 4.02. The van der Waals surface area contributed by atoms with E-state index in [0.717, 1.165) is 5.56 Å². The van der Waals surface area contributed by atoms with Gasteiger partial charge in [-0.25, -0.2) is 0 Å². The number of carbonyl (C=O) groups is 1. The fourth-order valence-electron chi connectivity index (χ4n) is 3.30. The molecule has 0 aliphatic heterocycles. The summed E-state index contributed by atoms with van der Waals surface area (Å²) in [6.45, 7) is 1.85. The average Bonchev–Trinajstić information content (AvgIpc) is 2.78. The van der Waals surface area contributed by atoms with E-state index in [1.807, 2.05) is 19.1 Å². The van der Waals surface area contributed by atoms with Gasteiger partial charge in [0.15, 0.2) is 0 Å². The number of rotatable bonds is 5. The minimum atomic E-state index is -4.50. The van der Waals surface area contributed by atoms with Gasteiger partial charge in [-0.15, -0.1) is 10.2 Å². The van der Waals surface area contributed by atoms with Gasteiger partial charge in [-0.3, -0.25) is 14.3 Å². The quantitative estimate of drug-likeness (QED) is 0.191. The molecule has 0 saturated heterocycles. The zero-order chi connectivity index (χ0) is 22.9. The molecule has 0 unspecified atom stereocenters. The van der Waals surface area contributed by atoms with Crippen LogP contribution in [0.4, 0.5) is 17.1 Å². The van der Waals surface area contributed by atoms with E-state index in [0.29, 0.717) is 16.6 Å². The molecule has 0 fully saturated rings. The maximum Gasteiger partial charge on any atom is 0.295 e. The Bertz CT molecular complexity index is 1480. The van der Waals surface area contributed by atoms with Crippen molar-refractivity contribution in [3.63, 3.8) is 0 Å². The lowest BCUT2D eigenvalue weighted by Gasteiger charge is -2.09. The first-order chi connectivity index (χ1) is 15.3. The molecule has 32 heavy (non-hydrogen) atoms. The van der Waals surface area contributed by atoms with Gasteiger partial charge < -0.3 is 5.73 Å². The third-order valence-electron chi connectivity index (χ3n) is 4.95. The van der Waals surface area contributed by atoms with E-state index < -0.39 is 10.1 Å². The molecule has 0 atom stereocenters. The number of fused-ring (bicyclic) bond motifs is 1. The molecule has 160 valence electrons. The van der Waals surface area contributed by atoms with Crippen molar-refractivity contribution in [1.29, 1.82) is 0 Å². The first-order valence-corrected chi connectivity index (χ1v) is 11.0. The number of ketones is 1. The molecule has 1 aromatic heterocycles. The van der Waals surface area contributed by atoms with E-state index in [-0.39, 0.29) is 33.1 Å². The van der Waals surface area contributed by atoms with Crippen molar-refractivity contribution >= 4 is 43.7 Å². The van der Waals surface area contributed by atoms with Gasteiger partial charge in [-0.1, -0.05) is 48.5 Å². The van der Waals surface area contributed by atoms with Crippen LogP contribution in [0.25, 0.3) is 10.8 Å². The number of pyridine rings is 1. The zero-order valence-corrected chi connectivity index (χ0v) is 17.7. The van der Waals surface area contributed by atoms with Crippen LogP contribution in [0, 0.1) is 6.92 Å². The molecule has 0 aliphatic carbocycles. The van der Waals surface area contributed by atoms with Crippen molar-refractivity contribution in [2.24, 2.45) is 10.2 Å². The molecule has 0 bridgehead atoms. The van der Waals surface area contributed by atoms with E-state index in [1.165, 1.54) is 18.3 Å². The second kappa shape index (κ2) is 8.29. The van der Waals surface area contributed by atoms with E-state index in [9.17, 15) is 17.8 Å². The molecule has 0 aliphatic rings. The average molecular weight is 446 g/mol. The van der Waals surface area contributed by atoms with Crippen LogP contribution in [0.5, 0.6) is 0 Å². The van der Waals surface area contributed by atoms with Crippen LogP contribution >= 0.6 is 0 Å². The van der Waals surface area contributed by atoms with Gasteiger partial charge in [-0.2, -0.15) is 8.42 Å². The van der Waals surface area contributed by atoms with Gasteiger partial charge in [-0.05, 0) is 30.7 Å². The molecule has 0 saturated carbocycles. The highest BCUT2D eigenvalue weighted by atomic mass is 32.2. The highest BCUT2D eigenvalue weighted by Crippen LogP contribution is 2.36. The van der Waals surface area contributed by atoms with Crippen LogP contribution in [0.3, 0.4) is 0 Å². The van der Waals surface area contributed by atoms with Gasteiger partial charge in [0.2, 0.25) is 5.78 Å². The van der Waals surface area contributed by atoms with Crippen molar-refractivity contribution in [2.45, 2.75) is 11.8 Å². The minimum absolute atomic E-state index is 0.0800. The standard InChI is InChI=1S/C23H18N4O4S/c1-14-6-2-3-7-16(14)23(28)19-11-10-15(13-25-19)26-27-20-12-21(32(29,30)31)17-8-4-5-9-18(17)22(20)24/h2-13H,24H2,1H3,(H,29,30,31). The summed E-state index contributed by atoms with van der Waals surface area (Å²) in [5, 5.41) is 8.81. The van der Waals surface area contributed by atoms with Gasteiger partial charge in [0.25, 0.3) is 10.1 Å². The van der Waals surface area contributed by atoms with Gasteiger partial charge in [0, 0.05) is 16.3 Å². The SMILES string of the molecule is Cc1ccccc1C(=O)c1ccc(N=Nc2cc(S(=O)(=O)O)c3ccccc3c2N)cn1. The number of hydrogen-bond acceptors (Lipinski definition) is 7. The Kier molecular flexibility index (Phi) is 5.52. The third kappa shape index (κ3) is 4.11. The van der Waals surface area contributed by atoms with Crippen LogP contribution < -0.4 is 5.73 Å². The predicted molar refractivity (Wildman–Crippen MR) is 121 cm³/mol. The number of anilines is 1. The molecular formula is C23H18N4O4S. The topological polar surface area (TPSA) is 135 Å². The molecule has 3 N–H and O–H groups in total. The lowest BCUT2D eigenvalue weighted by Crippen LogP contribution is -2.05. The molecule has 0 amide bonds. The summed E-state index contributed by atoms with van der Waals surface area (Å²) in [6, 6.07) is 18.0. The van der Waals surface area contributed by atoms with E-state index in [2.05, 4.69) is 15.2 Å². The van der Waals surface area contributed by atoms with Crippen LogP contribution in [0.2, 0.25) is 0 Å². The van der Waals surface area contributed by atoms with Crippen molar-refractivity contribution in [1.82, 2.24) is 4.98 Å². The van der Waals surface area contributed by atoms with Crippen LogP contribution in [-0.2, 0) is 10.1 Å². The Morgan fingerprint density at radius 1 is 0.969 bits per heavy atom. The number of azo groups is 1. The summed E-state index contributed by atoms with van der Waals surface area (Å²) in [4.78, 5) is 16.5. The monoisotopic (exact) mass is 446 g/mol. The molecule has 0 radical (unpaired) electrons. The Labute approximate surface area is 184 Å². The van der Waals surface area contributed by atoms with Crippen molar-refractivity contribution in [3.05, 3.63) is 89.7 Å².